The molecule has 1 fully saturated rings. The van der Waals surface area contributed by atoms with Crippen molar-refractivity contribution in [3.8, 4) is 5.69 Å². The lowest BCUT2D eigenvalue weighted by Gasteiger charge is -2.13. The third kappa shape index (κ3) is 4.77. The van der Waals surface area contributed by atoms with Gasteiger partial charge in [-0.1, -0.05) is 41.7 Å². The molecular formula is C26H24ClFN4O3S. The Bertz CT molecular complexity index is 1500. The molecule has 0 saturated carbocycles. The molecule has 3 N–H and O–H groups in total. The number of hydrogen-bond acceptors (Lipinski definition) is 5. The second-order valence-corrected chi connectivity index (χ2v) is 9.42. The number of halogens is 2. The first-order valence-corrected chi connectivity index (χ1v) is 12.1. The molecule has 1 aliphatic heterocycles. The lowest BCUT2D eigenvalue weighted by Crippen LogP contribution is -2.39. The van der Waals surface area contributed by atoms with Gasteiger partial charge in [0, 0.05) is 24.0 Å². The van der Waals surface area contributed by atoms with Crippen molar-refractivity contribution in [1.82, 2.24) is 15.2 Å². The Balaban J connectivity index is 0.00000304. The van der Waals surface area contributed by atoms with Crippen LogP contribution >= 0.6 is 23.7 Å². The number of thiophene rings is 1. The number of hydrogen-bond donors (Lipinski definition) is 3. The van der Waals surface area contributed by atoms with Gasteiger partial charge in [-0.25, -0.2) is 9.18 Å². The predicted molar refractivity (Wildman–Crippen MR) is 143 cm³/mol. The first-order chi connectivity index (χ1) is 16.9. The monoisotopic (exact) mass is 526 g/mol. The van der Waals surface area contributed by atoms with Gasteiger partial charge in [0.2, 0.25) is 0 Å². The molecule has 186 valence electrons. The quantitative estimate of drug-likeness (QED) is 0.330. The molecule has 2 amide bonds. The highest BCUT2D eigenvalue weighted by molar-refractivity contribution is 7.23. The number of ketones is 1. The van der Waals surface area contributed by atoms with Crippen LogP contribution in [0.4, 0.5) is 14.2 Å². The van der Waals surface area contributed by atoms with Crippen molar-refractivity contribution < 1.29 is 14.0 Å². The third-order valence-corrected chi connectivity index (χ3v) is 7.15. The van der Waals surface area contributed by atoms with Crippen molar-refractivity contribution in [1.29, 1.82) is 0 Å². The number of nitrogens with one attached hydrogen (secondary N) is 3. The maximum absolute atomic E-state index is 14.9. The molecule has 1 atom stereocenters. The van der Waals surface area contributed by atoms with Crippen LogP contribution in [-0.4, -0.2) is 35.5 Å². The number of urea groups is 1. The molecule has 5 rings (SSSR count). The van der Waals surface area contributed by atoms with Crippen LogP contribution in [0.2, 0.25) is 0 Å². The number of fused-ring (bicyclic) bond motifs is 1. The Hall–Kier alpha value is -3.53. The smallest absolute Gasteiger partial charge is 0.320 e. The Kier molecular flexibility index (Phi) is 7.53. The number of pyridine rings is 1. The van der Waals surface area contributed by atoms with Crippen LogP contribution in [0, 0.1) is 12.7 Å². The number of anilines is 1. The molecular weight excluding hydrogens is 503 g/mol. The highest BCUT2D eigenvalue weighted by atomic mass is 35.5. The van der Waals surface area contributed by atoms with Crippen molar-refractivity contribution in [3.05, 3.63) is 93.5 Å². The lowest BCUT2D eigenvalue weighted by molar-refractivity contribution is 0.103. The van der Waals surface area contributed by atoms with Gasteiger partial charge in [-0.2, -0.15) is 0 Å². The predicted octanol–water partition coefficient (Wildman–Crippen LogP) is 4.64. The molecule has 0 unspecified atom stereocenters. The fraction of sp³-hybridized carbons (Fsp3) is 0.192. The lowest BCUT2D eigenvalue weighted by atomic mass is 10.00. The van der Waals surface area contributed by atoms with E-state index in [1.165, 1.54) is 16.7 Å². The molecule has 0 spiro atoms. The average Bonchev–Trinajstić information content (AvgIpc) is 3.48. The standard InChI is InChI=1S/C26H23FN4O3S.ClH/c1-15-6-5-9-19(22(15)27)23(33)21-18-10-11-20(32)31(17-7-3-2-4-8-17)25(18)35-24(21)30-26(34)29-16-12-13-28-14-16;/h2-11,16,28H,12-14H2,1H3,(H2,29,30,34);1H/t16-;/m1./s1. The molecule has 2 aromatic carbocycles. The molecule has 7 nitrogen and oxygen atoms in total. The van der Waals surface area contributed by atoms with Gasteiger partial charge in [0.15, 0.2) is 5.78 Å². The summed E-state index contributed by atoms with van der Waals surface area (Å²) >= 11 is 1.11. The van der Waals surface area contributed by atoms with E-state index < -0.39 is 17.6 Å². The van der Waals surface area contributed by atoms with Crippen LogP contribution in [0.1, 0.15) is 27.9 Å². The first-order valence-electron chi connectivity index (χ1n) is 11.3. The van der Waals surface area contributed by atoms with E-state index in [4.69, 9.17) is 0 Å². The summed E-state index contributed by atoms with van der Waals surface area (Å²) in [6, 6.07) is 16.1. The summed E-state index contributed by atoms with van der Waals surface area (Å²) in [6.45, 7) is 3.06. The summed E-state index contributed by atoms with van der Waals surface area (Å²) in [5, 5.41) is 9.59. The molecule has 10 heteroatoms. The number of benzene rings is 2. The van der Waals surface area contributed by atoms with E-state index >= 15 is 0 Å². The number of nitrogens with zero attached hydrogens (tertiary/aromatic N) is 1. The molecule has 0 bridgehead atoms. The second-order valence-electron chi connectivity index (χ2n) is 8.42. The Morgan fingerprint density at radius 1 is 1.08 bits per heavy atom. The van der Waals surface area contributed by atoms with Gasteiger partial charge >= 0.3 is 6.03 Å². The van der Waals surface area contributed by atoms with E-state index in [1.807, 2.05) is 18.2 Å². The molecule has 4 aromatic rings. The maximum Gasteiger partial charge on any atom is 0.320 e. The molecule has 3 heterocycles. The van der Waals surface area contributed by atoms with E-state index in [1.54, 1.807) is 37.3 Å². The molecule has 1 aliphatic rings. The van der Waals surface area contributed by atoms with Crippen molar-refractivity contribution in [2.75, 3.05) is 18.4 Å². The SMILES string of the molecule is Cc1cccc(C(=O)c2c(NC(=O)N[C@@H]3CCNC3)sc3c2ccc(=O)n3-c2ccccc2)c1F.Cl. The summed E-state index contributed by atoms with van der Waals surface area (Å²) in [6.07, 6.45) is 0.799. The van der Waals surface area contributed by atoms with Gasteiger partial charge in [-0.3, -0.25) is 19.5 Å². The number of carbonyl (C=O) groups excluding carboxylic acids is 2. The largest absolute Gasteiger partial charge is 0.334 e. The summed E-state index contributed by atoms with van der Waals surface area (Å²) in [7, 11) is 0. The minimum absolute atomic E-state index is 0. The van der Waals surface area contributed by atoms with Gasteiger partial charge in [0.25, 0.3) is 5.56 Å². The van der Waals surface area contributed by atoms with E-state index in [2.05, 4.69) is 16.0 Å². The van der Waals surface area contributed by atoms with E-state index in [-0.39, 0.29) is 40.1 Å². The Morgan fingerprint density at radius 3 is 2.58 bits per heavy atom. The fourth-order valence-electron chi connectivity index (χ4n) is 4.28. The van der Waals surface area contributed by atoms with Gasteiger partial charge < -0.3 is 10.6 Å². The normalized spacial score (nSPS) is 14.9. The van der Waals surface area contributed by atoms with Gasteiger partial charge in [0.1, 0.15) is 15.6 Å². The van der Waals surface area contributed by atoms with E-state index in [0.717, 1.165) is 24.3 Å². The number of aryl methyl sites for hydroxylation is 1. The molecule has 2 aromatic heterocycles. The fourth-order valence-corrected chi connectivity index (χ4v) is 5.49. The van der Waals surface area contributed by atoms with Crippen LogP contribution in [0.25, 0.3) is 15.9 Å². The molecule has 1 saturated heterocycles. The van der Waals surface area contributed by atoms with Gasteiger partial charge in [-0.15, -0.1) is 12.4 Å². The zero-order chi connectivity index (χ0) is 24.5. The van der Waals surface area contributed by atoms with Crippen LogP contribution in [0.5, 0.6) is 0 Å². The summed E-state index contributed by atoms with van der Waals surface area (Å²) in [5.41, 5.74) is 0.749. The zero-order valence-corrected chi connectivity index (χ0v) is 21.0. The molecule has 0 aliphatic carbocycles. The maximum atomic E-state index is 14.9. The number of rotatable bonds is 5. The van der Waals surface area contributed by atoms with Gasteiger partial charge in [-0.05, 0) is 49.7 Å². The average molecular weight is 527 g/mol. The topological polar surface area (TPSA) is 92.2 Å². The van der Waals surface area contributed by atoms with Crippen LogP contribution in [0.3, 0.4) is 0 Å². The highest BCUT2D eigenvalue weighted by Crippen LogP contribution is 2.38. The number of aromatic nitrogens is 1. The van der Waals surface area contributed by atoms with Crippen LogP contribution < -0.4 is 21.5 Å². The van der Waals surface area contributed by atoms with E-state index in [9.17, 15) is 18.8 Å². The van der Waals surface area contributed by atoms with E-state index in [0.29, 0.717) is 28.0 Å². The van der Waals surface area contributed by atoms with Crippen LogP contribution in [-0.2, 0) is 0 Å². The summed E-state index contributed by atoms with van der Waals surface area (Å²) in [5.74, 6) is -1.17. The minimum atomic E-state index is -0.610. The summed E-state index contributed by atoms with van der Waals surface area (Å²) in [4.78, 5) is 39.8. The minimum Gasteiger partial charge on any atom is -0.334 e. The van der Waals surface area contributed by atoms with Crippen molar-refractivity contribution >= 4 is 50.8 Å². The third-order valence-electron chi connectivity index (χ3n) is 6.04. The number of carbonyl (C=O) groups is 2. The molecule has 0 radical (unpaired) electrons. The van der Waals surface area contributed by atoms with Gasteiger partial charge in [0.05, 0.1) is 16.8 Å². The highest BCUT2D eigenvalue weighted by Gasteiger charge is 2.27. The Labute approximate surface area is 216 Å². The number of para-hydroxylation sites is 1. The number of amides is 2. The van der Waals surface area contributed by atoms with Crippen molar-refractivity contribution in [2.45, 2.75) is 19.4 Å². The zero-order valence-electron chi connectivity index (χ0n) is 19.3. The second kappa shape index (κ2) is 10.6. The Morgan fingerprint density at radius 2 is 1.86 bits per heavy atom. The first kappa shape index (κ1) is 25.6. The van der Waals surface area contributed by atoms with Crippen molar-refractivity contribution in [2.24, 2.45) is 0 Å². The molecule has 36 heavy (non-hydrogen) atoms. The van der Waals surface area contributed by atoms with Crippen molar-refractivity contribution in [3.63, 3.8) is 0 Å². The summed E-state index contributed by atoms with van der Waals surface area (Å²) < 4.78 is 16.4. The van der Waals surface area contributed by atoms with Crippen LogP contribution in [0.15, 0.2) is 65.5 Å².